The Labute approximate surface area is 90.7 Å². The van der Waals surface area contributed by atoms with Gasteiger partial charge < -0.3 is 10.3 Å². The largest absolute Gasteiger partial charge is 0.328 e. The summed E-state index contributed by atoms with van der Waals surface area (Å²) in [5.41, 5.74) is 8.64. The van der Waals surface area contributed by atoms with E-state index in [1.165, 1.54) is 56.3 Å². The number of hydrogen-bond acceptors (Lipinski definition) is 2. The van der Waals surface area contributed by atoms with Crippen LogP contribution in [0.1, 0.15) is 55.4 Å². The second-order valence-electron chi connectivity index (χ2n) is 4.79. The standard InChI is InChI=1S/C12H19N3/c13-8-12-14-10-4-2-1-3-5-11(10)15(12)9-6-7-9/h9H,1-8,13H2. The van der Waals surface area contributed by atoms with Crippen molar-refractivity contribution in [3.8, 4) is 0 Å². The molecular formula is C12H19N3. The quantitative estimate of drug-likeness (QED) is 0.750. The zero-order chi connectivity index (χ0) is 10.3. The molecule has 2 aliphatic rings. The second kappa shape index (κ2) is 3.63. The molecule has 0 spiro atoms. The third-order valence-electron chi connectivity index (χ3n) is 3.59. The van der Waals surface area contributed by atoms with E-state index in [-0.39, 0.29) is 0 Å². The summed E-state index contributed by atoms with van der Waals surface area (Å²) in [7, 11) is 0. The molecule has 1 saturated carbocycles. The maximum absolute atomic E-state index is 5.78. The van der Waals surface area contributed by atoms with Crippen LogP contribution in [0.3, 0.4) is 0 Å². The van der Waals surface area contributed by atoms with E-state index in [0.717, 1.165) is 11.9 Å². The Morgan fingerprint density at radius 3 is 2.73 bits per heavy atom. The van der Waals surface area contributed by atoms with Crippen LogP contribution in [0, 0.1) is 0 Å². The highest BCUT2D eigenvalue weighted by molar-refractivity contribution is 5.21. The second-order valence-corrected chi connectivity index (χ2v) is 4.79. The van der Waals surface area contributed by atoms with Gasteiger partial charge in [0.2, 0.25) is 0 Å². The fraction of sp³-hybridized carbons (Fsp3) is 0.750. The predicted octanol–water partition coefficient (Wildman–Crippen LogP) is 1.95. The lowest BCUT2D eigenvalue weighted by Crippen LogP contribution is -2.09. The van der Waals surface area contributed by atoms with Crippen molar-refractivity contribution in [3.63, 3.8) is 0 Å². The van der Waals surface area contributed by atoms with E-state index in [2.05, 4.69) is 4.57 Å². The topological polar surface area (TPSA) is 43.8 Å². The molecule has 1 heterocycles. The van der Waals surface area contributed by atoms with E-state index in [9.17, 15) is 0 Å². The summed E-state index contributed by atoms with van der Waals surface area (Å²) in [6.45, 7) is 0.601. The van der Waals surface area contributed by atoms with Crippen LogP contribution >= 0.6 is 0 Å². The highest BCUT2D eigenvalue weighted by Gasteiger charge is 2.30. The van der Waals surface area contributed by atoms with E-state index in [4.69, 9.17) is 10.7 Å². The monoisotopic (exact) mass is 205 g/mol. The van der Waals surface area contributed by atoms with Gasteiger partial charge in [-0.2, -0.15) is 0 Å². The van der Waals surface area contributed by atoms with Crippen molar-refractivity contribution >= 4 is 0 Å². The van der Waals surface area contributed by atoms with Gasteiger partial charge in [-0.3, -0.25) is 0 Å². The smallest absolute Gasteiger partial charge is 0.123 e. The summed E-state index contributed by atoms with van der Waals surface area (Å²) in [4.78, 5) is 4.73. The van der Waals surface area contributed by atoms with Gasteiger partial charge in [0.05, 0.1) is 12.2 Å². The first-order valence-corrected chi connectivity index (χ1v) is 6.19. The SMILES string of the molecule is NCc1nc2c(n1C1CC1)CCCCC2. The van der Waals surface area contributed by atoms with Gasteiger partial charge >= 0.3 is 0 Å². The summed E-state index contributed by atoms with van der Waals surface area (Å²) >= 11 is 0. The average Bonchev–Trinajstić information content (AvgIpc) is 3.05. The molecule has 2 aliphatic carbocycles. The van der Waals surface area contributed by atoms with Crippen molar-refractivity contribution in [1.82, 2.24) is 9.55 Å². The summed E-state index contributed by atoms with van der Waals surface area (Å²) in [5, 5.41) is 0. The molecule has 3 nitrogen and oxygen atoms in total. The fourth-order valence-corrected chi connectivity index (χ4v) is 2.70. The average molecular weight is 205 g/mol. The molecular weight excluding hydrogens is 186 g/mol. The van der Waals surface area contributed by atoms with E-state index < -0.39 is 0 Å². The Bertz CT molecular complexity index is 363. The molecule has 1 aromatic heterocycles. The molecule has 0 aliphatic heterocycles. The Morgan fingerprint density at radius 1 is 1.20 bits per heavy atom. The molecule has 15 heavy (non-hydrogen) atoms. The van der Waals surface area contributed by atoms with Crippen LogP contribution in [0.2, 0.25) is 0 Å². The van der Waals surface area contributed by atoms with E-state index >= 15 is 0 Å². The zero-order valence-electron chi connectivity index (χ0n) is 9.21. The number of hydrogen-bond donors (Lipinski definition) is 1. The predicted molar refractivity (Wildman–Crippen MR) is 59.6 cm³/mol. The molecule has 82 valence electrons. The third kappa shape index (κ3) is 1.59. The molecule has 0 unspecified atom stereocenters. The van der Waals surface area contributed by atoms with Gasteiger partial charge in [-0.1, -0.05) is 6.42 Å². The van der Waals surface area contributed by atoms with Crippen LogP contribution in [0.4, 0.5) is 0 Å². The van der Waals surface area contributed by atoms with Crippen molar-refractivity contribution in [3.05, 3.63) is 17.2 Å². The van der Waals surface area contributed by atoms with Crippen molar-refractivity contribution in [1.29, 1.82) is 0 Å². The van der Waals surface area contributed by atoms with Crippen LogP contribution in [0.15, 0.2) is 0 Å². The van der Waals surface area contributed by atoms with Gasteiger partial charge in [0.25, 0.3) is 0 Å². The highest BCUT2D eigenvalue weighted by Crippen LogP contribution is 2.39. The van der Waals surface area contributed by atoms with Crippen molar-refractivity contribution < 1.29 is 0 Å². The summed E-state index contributed by atoms with van der Waals surface area (Å²) in [6.07, 6.45) is 9.04. The molecule has 0 aromatic carbocycles. The van der Waals surface area contributed by atoms with E-state index in [0.29, 0.717) is 6.54 Å². The minimum atomic E-state index is 0.601. The lowest BCUT2D eigenvalue weighted by Gasteiger charge is -2.09. The highest BCUT2D eigenvalue weighted by atomic mass is 15.1. The lowest BCUT2D eigenvalue weighted by molar-refractivity contribution is 0.625. The van der Waals surface area contributed by atoms with E-state index in [1.54, 1.807) is 0 Å². The van der Waals surface area contributed by atoms with Crippen LogP contribution in [0.25, 0.3) is 0 Å². The van der Waals surface area contributed by atoms with Gasteiger partial charge in [0, 0.05) is 11.7 Å². The fourth-order valence-electron chi connectivity index (χ4n) is 2.70. The number of imidazole rings is 1. The van der Waals surface area contributed by atoms with Gasteiger partial charge in [-0.25, -0.2) is 4.98 Å². The Balaban J connectivity index is 2.04. The van der Waals surface area contributed by atoms with Crippen molar-refractivity contribution in [2.75, 3.05) is 0 Å². The van der Waals surface area contributed by atoms with Gasteiger partial charge in [-0.05, 0) is 38.5 Å². The number of aromatic nitrogens is 2. The number of fused-ring (bicyclic) bond motifs is 1. The van der Waals surface area contributed by atoms with Crippen LogP contribution < -0.4 is 5.73 Å². The molecule has 3 rings (SSSR count). The first-order valence-electron chi connectivity index (χ1n) is 6.19. The minimum absolute atomic E-state index is 0.601. The summed E-state index contributed by atoms with van der Waals surface area (Å²) in [6, 6.07) is 0.734. The first-order chi connectivity index (χ1) is 7.40. The van der Waals surface area contributed by atoms with Gasteiger partial charge in [0.15, 0.2) is 0 Å². The molecule has 0 bridgehead atoms. The maximum Gasteiger partial charge on any atom is 0.123 e. The molecule has 0 saturated heterocycles. The minimum Gasteiger partial charge on any atom is -0.328 e. The maximum atomic E-state index is 5.78. The number of rotatable bonds is 2. The van der Waals surface area contributed by atoms with E-state index in [1.807, 2.05) is 0 Å². The molecule has 0 atom stereocenters. The van der Waals surface area contributed by atoms with Crippen LogP contribution in [-0.2, 0) is 19.4 Å². The first kappa shape index (κ1) is 9.40. The Kier molecular flexibility index (Phi) is 2.28. The van der Waals surface area contributed by atoms with Gasteiger partial charge in [-0.15, -0.1) is 0 Å². The molecule has 3 heteroatoms. The molecule has 2 N–H and O–H groups in total. The molecule has 0 amide bonds. The van der Waals surface area contributed by atoms with Crippen molar-refractivity contribution in [2.45, 2.75) is 57.5 Å². The van der Waals surface area contributed by atoms with Crippen molar-refractivity contribution in [2.24, 2.45) is 5.73 Å². The lowest BCUT2D eigenvalue weighted by atomic mass is 10.2. The third-order valence-corrected chi connectivity index (χ3v) is 3.59. The molecule has 1 aromatic rings. The number of nitrogens with zero attached hydrogens (tertiary/aromatic N) is 2. The zero-order valence-corrected chi connectivity index (χ0v) is 9.21. The molecule has 0 radical (unpaired) electrons. The summed E-state index contributed by atoms with van der Waals surface area (Å²) < 4.78 is 2.46. The Hall–Kier alpha value is -0.830. The van der Waals surface area contributed by atoms with Gasteiger partial charge in [0.1, 0.15) is 5.82 Å². The van der Waals surface area contributed by atoms with Crippen LogP contribution in [-0.4, -0.2) is 9.55 Å². The normalized spacial score (nSPS) is 21.1. The van der Waals surface area contributed by atoms with Crippen LogP contribution in [0.5, 0.6) is 0 Å². The number of aryl methyl sites for hydroxylation is 1. The Morgan fingerprint density at radius 2 is 2.00 bits per heavy atom. The number of nitrogens with two attached hydrogens (primary N) is 1. The summed E-state index contributed by atoms with van der Waals surface area (Å²) in [5.74, 6) is 1.13. The molecule has 1 fully saturated rings.